The summed E-state index contributed by atoms with van der Waals surface area (Å²) in [5, 5.41) is 9.74. The molecule has 0 atom stereocenters. The van der Waals surface area contributed by atoms with Crippen LogP contribution >= 0.6 is 68.0 Å². The van der Waals surface area contributed by atoms with Crippen LogP contribution in [0.3, 0.4) is 0 Å². The molecule has 46 heavy (non-hydrogen) atoms. The summed E-state index contributed by atoms with van der Waals surface area (Å²) >= 11 is 11.8. The average Bonchev–Trinajstić information content (AvgIpc) is 3.92. The summed E-state index contributed by atoms with van der Waals surface area (Å²) in [4.78, 5) is 4.17. The van der Waals surface area contributed by atoms with Gasteiger partial charge in [0.15, 0.2) is 0 Å². The molecule has 6 heterocycles. The smallest absolute Gasteiger partial charge is 0.0542 e. The van der Waals surface area contributed by atoms with Crippen molar-refractivity contribution in [1.29, 1.82) is 0 Å². The van der Waals surface area contributed by atoms with E-state index in [9.17, 15) is 0 Å². The maximum Gasteiger partial charge on any atom is 0.0542 e. The van der Waals surface area contributed by atoms with Crippen molar-refractivity contribution >= 4 is 148 Å². The number of benzene rings is 5. The molecule has 0 aliphatic rings. The molecule has 0 N–H and O–H groups in total. The monoisotopic (exact) mass is 694 g/mol. The van der Waals surface area contributed by atoms with E-state index in [4.69, 9.17) is 0 Å². The topological polar surface area (TPSA) is 0 Å². The maximum absolute atomic E-state index is 2.52. The second-order valence-electron chi connectivity index (χ2n) is 12.0. The molecule has 6 heteroatoms. The van der Waals surface area contributed by atoms with Crippen LogP contribution in [0.4, 0.5) is 0 Å². The van der Waals surface area contributed by atoms with E-state index >= 15 is 0 Å². The van der Waals surface area contributed by atoms with Crippen LogP contribution in [-0.4, -0.2) is 0 Å². The molecule has 11 aromatic rings. The minimum Gasteiger partial charge on any atom is -0.139 e. The van der Waals surface area contributed by atoms with Crippen LogP contribution < -0.4 is 0 Å². The predicted molar refractivity (Wildman–Crippen MR) is 214 cm³/mol. The minimum absolute atomic E-state index is 1.36. The highest BCUT2D eigenvalue weighted by Crippen LogP contribution is 2.55. The Morgan fingerprint density at radius 3 is 1.54 bits per heavy atom. The SMILES string of the molecule is Cc1sc2c(sc3c4cc(-c5cccc6c5sc5ccccc56)sc4c4sc(-c5cccc6c5sc5ccccc56)cc4c23)c1C. The van der Waals surface area contributed by atoms with Gasteiger partial charge in [-0.1, -0.05) is 72.8 Å². The number of hydrogen-bond acceptors (Lipinski definition) is 6. The Morgan fingerprint density at radius 2 is 0.913 bits per heavy atom. The Bertz CT molecular complexity index is 3060. The summed E-state index contributed by atoms with van der Waals surface area (Å²) in [7, 11) is 0. The van der Waals surface area contributed by atoms with Gasteiger partial charge >= 0.3 is 0 Å². The first-order chi connectivity index (χ1) is 22.6. The highest BCUT2D eigenvalue weighted by atomic mass is 32.1. The van der Waals surface area contributed by atoms with Crippen molar-refractivity contribution in [3.05, 3.63) is 108 Å². The number of hydrogen-bond donors (Lipinski definition) is 0. The molecular weight excluding hydrogens is 673 g/mol. The second kappa shape index (κ2) is 9.48. The molecule has 5 aromatic carbocycles. The lowest BCUT2D eigenvalue weighted by Gasteiger charge is -1.99. The average molecular weight is 695 g/mol. The lowest BCUT2D eigenvalue weighted by molar-refractivity contribution is 1.48. The lowest BCUT2D eigenvalue weighted by atomic mass is 10.1. The van der Waals surface area contributed by atoms with Gasteiger partial charge < -0.3 is 0 Å². The van der Waals surface area contributed by atoms with Crippen LogP contribution in [-0.2, 0) is 0 Å². The van der Waals surface area contributed by atoms with Gasteiger partial charge in [0.2, 0.25) is 0 Å². The molecule has 218 valence electrons. The highest BCUT2D eigenvalue weighted by Gasteiger charge is 2.23. The molecule has 0 spiro atoms. The van der Waals surface area contributed by atoms with E-state index in [0.717, 1.165) is 0 Å². The molecule has 11 rings (SSSR count). The van der Waals surface area contributed by atoms with Gasteiger partial charge in [0.05, 0.1) is 14.1 Å². The zero-order valence-corrected chi connectivity index (χ0v) is 29.6. The summed E-state index contributed by atoms with van der Waals surface area (Å²) < 4.78 is 12.7. The van der Waals surface area contributed by atoms with E-state index in [1.54, 1.807) is 0 Å². The van der Waals surface area contributed by atoms with E-state index in [2.05, 4.69) is 111 Å². The fourth-order valence-corrected chi connectivity index (χ4v) is 15.2. The van der Waals surface area contributed by atoms with Crippen LogP contribution in [0.15, 0.2) is 97.1 Å². The quantitative estimate of drug-likeness (QED) is 0.169. The van der Waals surface area contributed by atoms with Gasteiger partial charge in [0, 0.05) is 91.7 Å². The fraction of sp³-hybridized carbons (Fsp3) is 0.0500. The van der Waals surface area contributed by atoms with Crippen molar-refractivity contribution in [2.45, 2.75) is 13.8 Å². The van der Waals surface area contributed by atoms with E-state index in [1.807, 2.05) is 68.0 Å². The maximum atomic E-state index is 2.52. The van der Waals surface area contributed by atoms with Gasteiger partial charge in [-0.25, -0.2) is 0 Å². The molecule has 0 bridgehead atoms. The fourth-order valence-electron chi connectivity index (χ4n) is 7.21. The minimum atomic E-state index is 1.36. The number of aryl methyl sites for hydroxylation is 2. The molecule has 0 aliphatic heterocycles. The van der Waals surface area contributed by atoms with E-state index in [-0.39, 0.29) is 0 Å². The molecule has 0 unspecified atom stereocenters. The van der Waals surface area contributed by atoms with Crippen molar-refractivity contribution in [2.75, 3.05) is 0 Å². The molecule has 0 radical (unpaired) electrons. The Balaban J connectivity index is 1.25. The summed E-state index contributed by atoms with van der Waals surface area (Å²) in [6, 6.07) is 36.5. The van der Waals surface area contributed by atoms with Crippen LogP contribution in [0.1, 0.15) is 10.4 Å². The third-order valence-corrected chi connectivity index (χ3v) is 17.1. The largest absolute Gasteiger partial charge is 0.139 e. The first-order valence-corrected chi connectivity index (χ1v) is 20.1. The van der Waals surface area contributed by atoms with Crippen LogP contribution in [0.5, 0.6) is 0 Å². The first kappa shape index (κ1) is 26.4. The van der Waals surface area contributed by atoms with Gasteiger partial charge in [-0.3, -0.25) is 0 Å². The molecule has 0 amide bonds. The van der Waals surface area contributed by atoms with Crippen molar-refractivity contribution in [2.24, 2.45) is 0 Å². The molecule has 0 saturated carbocycles. The summed E-state index contributed by atoms with van der Waals surface area (Å²) in [6.45, 7) is 4.59. The Hall–Kier alpha value is -3.62. The van der Waals surface area contributed by atoms with Crippen LogP contribution in [0, 0.1) is 13.8 Å². The molecule has 0 aliphatic carbocycles. The van der Waals surface area contributed by atoms with Gasteiger partial charge in [-0.15, -0.1) is 68.0 Å². The van der Waals surface area contributed by atoms with Crippen molar-refractivity contribution in [3.63, 3.8) is 0 Å². The highest BCUT2D eigenvalue weighted by molar-refractivity contribution is 7.36. The molecular formula is C40H22S6. The van der Waals surface area contributed by atoms with Gasteiger partial charge in [0.25, 0.3) is 0 Å². The molecule has 6 aromatic heterocycles. The number of rotatable bonds is 2. The first-order valence-electron chi connectivity index (χ1n) is 15.2. The van der Waals surface area contributed by atoms with E-state index < -0.39 is 0 Å². The zero-order chi connectivity index (χ0) is 30.3. The van der Waals surface area contributed by atoms with Gasteiger partial charge in [-0.05, 0) is 43.7 Å². The second-order valence-corrected chi connectivity index (χ2v) is 18.5. The molecule has 0 nitrogen and oxygen atoms in total. The van der Waals surface area contributed by atoms with E-state index in [1.165, 1.54) is 111 Å². The van der Waals surface area contributed by atoms with Gasteiger partial charge in [-0.2, -0.15) is 0 Å². The zero-order valence-electron chi connectivity index (χ0n) is 24.7. The summed E-state index contributed by atoms with van der Waals surface area (Å²) in [6.07, 6.45) is 0. The van der Waals surface area contributed by atoms with Crippen molar-refractivity contribution in [1.82, 2.24) is 0 Å². The molecule has 0 saturated heterocycles. The Labute approximate surface area is 288 Å². The Morgan fingerprint density at radius 1 is 0.370 bits per heavy atom. The lowest BCUT2D eigenvalue weighted by Crippen LogP contribution is -1.73. The number of fused-ring (bicyclic) bond motifs is 14. The van der Waals surface area contributed by atoms with Crippen LogP contribution in [0.25, 0.3) is 101 Å². The summed E-state index contributed by atoms with van der Waals surface area (Å²) in [5.41, 5.74) is 4.16. The Kier molecular flexibility index (Phi) is 5.45. The normalized spacial score (nSPS) is 12.6. The number of thiophene rings is 6. The summed E-state index contributed by atoms with van der Waals surface area (Å²) in [5.74, 6) is 0. The van der Waals surface area contributed by atoms with Gasteiger partial charge in [0.1, 0.15) is 0 Å². The van der Waals surface area contributed by atoms with Crippen molar-refractivity contribution in [3.8, 4) is 20.9 Å². The third kappa shape index (κ3) is 3.47. The van der Waals surface area contributed by atoms with E-state index in [0.29, 0.717) is 0 Å². The third-order valence-electron chi connectivity index (χ3n) is 9.51. The van der Waals surface area contributed by atoms with Crippen molar-refractivity contribution < 1.29 is 0 Å². The predicted octanol–water partition coefficient (Wildman–Crippen LogP) is 15.2. The standard InChI is InChI=1S/C40H22S6/c1-19-20(2)41-40-33-27-17-31(25-13-7-11-23-21-9-3-5-15-29(21)42-35(23)25)44-38(27)39-28(37(33)46-34(19)40)18-32(45-39)26-14-8-12-24-22-10-4-6-16-30(22)43-36(24)26/h3-18H,1-2H3. The van der Waals surface area contributed by atoms with Crippen LogP contribution in [0.2, 0.25) is 0 Å². The molecule has 0 fully saturated rings.